The van der Waals surface area contributed by atoms with E-state index in [1.165, 1.54) is 12.8 Å². The minimum absolute atomic E-state index is 0.177. The largest absolute Gasteiger partial charge is 0.351 e. The van der Waals surface area contributed by atoms with Crippen molar-refractivity contribution in [2.75, 3.05) is 26.2 Å². The fourth-order valence-electron chi connectivity index (χ4n) is 4.02. The van der Waals surface area contributed by atoms with Gasteiger partial charge in [-0.15, -0.1) is 0 Å². The molecule has 10 nitrogen and oxygen atoms in total. The zero-order valence-corrected chi connectivity index (χ0v) is 21.3. The Kier molecular flexibility index (Phi) is 10.8. The number of rotatable bonds is 16. The monoisotopic (exact) mass is 481 g/mol. The maximum atomic E-state index is 12.5. The predicted octanol–water partition coefficient (Wildman–Crippen LogP) is 2.77. The fraction of sp³-hybridized carbons (Fsp3) is 0.560. The van der Waals surface area contributed by atoms with Crippen molar-refractivity contribution in [3.8, 4) is 0 Å². The van der Waals surface area contributed by atoms with Gasteiger partial charge in [-0.25, -0.2) is 15.0 Å². The summed E-state index contributed by atoms with van der Waals surface area (Å²) < 4.78 is 2.00. The second-order valence-corrected chi connectivity index (χ2v) is 8.83. The van der Waals surface area contributed by atoms with Crippen molar-refractivity contribution >= 4 is 5.91 Å². The lowest BCUT2D eigenvalue weighted by molar-refractivity contribution is 0.0947. The van der Waals surface area contributed by atoms with Crippen molar-refractivity contribution in [3.63, 3.8) is 0 Å². The molecule has 0 unspecified atom stereocenters. The summed E-state index contributed by atoms with van der Waals surface area (Å²) in [5, 5.41) is 2.97. The molecule has 190 valence electrons. The number of nitrogens with one attached hydrogen (secondary N) is 2. The van der Waals surface area contributed by atoms with Crippen LogP contribution in [0, 0.1) is 0 Å². The van der Waals surface area contributed by atoms with Crippen LogP contribution in [-0.4, -0.2) is 71.4 Å². The Morgan fingerprint density at radius 2 is 1.77 bits per heavy atom. The van der Waals surface area contributed by atoms with E-state index in [0.29, 0.717) is 31.9 Å². The van der Waals surface area contributed by atoms with E-state index < -0.39 is 0 Å². The predicted molar refractivity (Wildman–Crippen MR) is 135 cm³/mol. The van der Waals surface area contributed by atoms with Crippen molar-refractivity contribution in [2.24, 2.45) is 7.05 Å². The van der Waals surface area contributed by atoms with E-state index in [2.05, 4.69) is 53.9 Å². The Labute approximate surface area is 208 Å². The third-order valence-electron chi connectivity index (χ3n) is 5.80. The van der Waals surface area contributed by atoms with Gasteiger partial charge in [-0.2, -0.15) is 0 Å². The summed E-state index contributed by atoms with van der Waals surface area (Å²) in [4.78, 5) is 37.9. The highest BCUT2D eigenvalue weighted by atomic mass is 16.1. The van der Waals surface area contributed by atoms with Crippen LogP contribution in [0.25, 0.3) is 0 Å². The molecule has 35 heavy (non-hydrogen) atoms. The van der Waals surface area contributed by atoms with Crippen LogP contribution in [0.1, 0.15) is 67.4 Å². The quantitative estimate of drug-likeness (QED) is 0.303. The van der Waals surface area contributed by atoms with Gasteiger partial charge in [0.25, 0.3) is 5.91 Å². The second-order valence-electron chi connectivity index (χ2n) is 8.83. The van der Waals surface area contributed by atoms with Gasteiger partial charge in [-0.1, -0.05) is 13.8 Å². The molecule has 0 aliphatic carbocycles. The summed E-state index contributed by atoms with van der Waals surface area (Å²) in [5.74, 6) is 1.65. The lowest BCUT2D eigenvalue weighted by Crippen LogP contribution is -2.29. The molecule has 0 aromatic carbocycles. The topological polar surface area (TPSA) is 108 Å². The Morgan fingerprint density at radius 3 is 2.40 bits per heavy atom. The third-order valence-corrected chi connectivity index (χ3v) is 5.80. The van der Waals surface area contributed by atoms with Gasteiger partial charge in [-0.05, 0) is 45.3 Å². The molecule has 10 heteroatoms. The first kappa shape index (κ1) is 26.5. The first-order valence-corrected chi connectivity index (χ1v) is 12.6. The highest BCUT2D eigenvalue weighted by Gasteiger charge is 2.14. The van der Waals surface area contributed by atoms with E-state index in [9.17, 15) is 4.79 Å². The van der Waals surface area contributed by atoms with Gasteiger partial charge in [0.1, 0.15) is 17.3 Å². The number of amides is 1. The molecule has 3 aromatic heterocycles. The Balaban J connectivity index is 1.48. The van der Waals surface area contributed by atoms with E-state index >= 15 is 0 Å². The first-order valence-electron chi connectivity index (χ1n) is 12.6. The van der Waals surface area contributed by atoms with Crippen LogP contribution in [0.2, 0.25) is 0 Å². The molecule has 0 atom stereocenters. The smallest absolute Gasteiger partial charge is 0.271 e. The van der Waals surface area contributed by atoms with Gasteiger partial charge in [0.2, 0.25) is 0 Å². The number of imidazole rings is 2. The molecule has 0 saturated heterocycles. The van der Waals surface area contributed by atoms with Gasteiger partial charge >= 0.3 is 0 Å². The number of unbranched alkanes of at least 4 members (excludes halogenated alkanes) is 1. The number of aromatic amines is 1. The Morgan fingerprint density at radius 1 is 0.943 bits per heavy atom. The Hall–Kier alpha value is -3.11. The molecule has 2 N–H and O–H groups in total. The van der Waals surface area contributed by atoms with Crippen LogP contribution in [0.3, 0.4) is 0 Å². The van der Waals surface area contributed by atoms with E-state index in [-0.39, 0.29) is 5.91 Å². The summed E-state index contributed by atoms with van der Waals surface area (Å²) in [5.41, 5.74) is 1.13. The highest BCUT2D eigenvalue weighted by Crippen LogP contribution is 2.10. The molecular formula is C25H39N9O. The van der Waals surface area contributed by atoms with E-state index in [4.69, 9.17) is 0 Å². The molecular weight excluding hydrogens is 442 g/mol. The maximum absolute atomic E-state index is 12.5. The molecule has 0 radical (unpaired) electrons. The van der Waals surface area contributed by atoms with Crippen molar-refractivity contribution in [3.05, 3.63) is 60.2 Å². The minimum Gasteiger partial charge on any atom is -0.351 e. The summed E-state index contributed by atoms with van der Waals surface area (Å²) in [6.45, 7) is 10.3. The summed E-state index contributed by atoms with van der Waals surface area (Å²) >= 11 is 0. The van der Waals surface area contributed by atoms with Crippen LogP contribution in [0.5, 0.6) is 0 Å². The molecule has 0 saturated carbocycles. The summed E-state index contributed by atoms with van der Waals surface area (Å²) in [6.07, 6.45) is 14.9. The molecule has 0 fully saturated rings. The zero-order valence-electron chi connectivity index (χ0n) is 21.3. The van der Waals surface area contributed by atoms with Crippen LogP contribution in [0.4, 0.5) is 0 Å². The zero-order chi connectivity index (χ0) is 24.9. The summed E-state index contributed by atoms with van der Waals surface area (Å²) in [7, 11) is 1.98. The lowest BCUT2D eigenvalue weighted by Gasteiger charge is -2.20. The SMILES string of the molecule is CCCN(CCC)CCCCNC(=O)c1cnc(CN(Cc2ncc[nH]2)Cc2nccn2C)cn1. The maximum Gasteiger partial charge on any atom is 0.271 e. The summed E-state index contributed by atoms with van der Waals surface area (Å²) in [6, 6.07) is 0. The molecule has 3 aromatic rings. The number of hydrogen-bond donors (Lipinski definition) is 2. The van der Waals surface area contributed by atoms with Crippen molar-refractivity contribution in [1.82, 2.24) is 44.6 Å². The van der Waals surface area contributed by atoms with Crippen LogP contribution >= 0.6 is 0 Å². The van der Waals surface area contributed by atoms with Crippen LogP contribution in [-0.2, 0) is 26.7 Å². The molecule has 1 amide bonds. The van der Waals surface area contributed by atoms with Crippen molar-refractivity contribution < 1.29 is 4.79 Å². The lowest BCUT2D eigenvalue weighted by atomic mass is 10.2. The second kappa shape index (κ2) is 14.3. The minimum atomic E-state index is -0.177. The van der Waals surface area contributed by atoms with E-state index in [1.807, 2.05) is 24.0 Å². The van der Waals surface area contributed by atoms with Crippen molar-refractivity contribution in [2.45, 2.75) is 59.2 Å². The van der Waals surface area contributed by atoms with Crippen LogP contribution < -0.4 is 5.32 Å². The van der Waals surface area contributed by atoms with E-state index in [1.54, 1.807) is 24.8 Å². The number of aromatic nitrogens is 6. The molecule has 0 aliphatic rings. The normalized spacial score (nSPS) is 11.5. The third kappa shape index (κ3) is 8.88. The molecule has 3 heterocycles. The number of nitrogens with zero attached hydrogens (tertiary/aromatic N) is 7. The standard InChI is InChI=1S/C25H39N9O/c1-4-12-33(13-5-2)14-7-6-8-29-25(35)22-17-30-21(16-31-22)18-34(19-23-26-9-10-27-23)20-24-28-11-15-32(24)3/h9-11,15-17H,4-8,12-14,18-20H2,1-3H3,(H,26,27)(H,29,35). The average Bonchev–Trinajstić information content (AvgIpc) is 3.51. The fourth-order valence-corrected chi connectivity index (χ4v) is 4.02. The average molecular weight is 482 g/mol. The van der Waals surface area contributed by atoms with Gasteiger partial charge in [-0.3, -0.25) is 14.7 Å². The van der Waals surface area contributed by atoms with Gasteiger partial charge in [0.05, 0.1) is 31.2 Å². The molecule has 0 spiro atoms. The molecule has 3 rings (SSSR count). The number of aryl methyl sites for hydroxylation is 1. The number of carbonyl (C=O) groups excluding carboxylic acids is 1. The van der Waals surface area contributed by atoms with Gasteiger partial charge in [0.15, 0.2) is 0 Å². The first-order chi connectivity index (χ1) is 17.1. The molecule has 0 aliphatic heterocycles. The molecule has 0 bridgehead atoms. The highest BCUT2D eigenvalue weighted by molar-refractivity contribution is 5.91. The van der Waals surface area contributed by atoms with Crippen LogP contribution in [0.15, 0.2) is 37.2 Å². The van der Waals surface area contributed by atoms with E-state index in [0.717, 1.165) is 49.8 Å². The number of H-pyrrole nitrogens is 1. The van der Waals surface area contributed by atoms with Gasteiger partial charge < -0.3 is 19.8 Å². The Bertz CT molecular complexity index is 979. The van der Waals surface area contributed by atoms with Gasteiger partial charge in [0, 0.05) is 44.9 Å². The number of carbonyl (C=O) groups is 1. The number of hydrogen-bond acceptors (Lipinski definition) is 7. The van der Waals surface area contributed by atoms with Crippen molar-refractivity contribution in [1.29, 1.82) is 0 Å².